The molecule has 1 unspecified atom stereocenters. The van der Waals surface area contributed by atoms with E-state index in [0.717, 1.165) is 6.42 Å². The van der Waals surface area contributed by atoms with Crippen LogP contribution in [0, 0.1) is 5.92 Å². The number of halogens is 1. The Morgan fingerprint density at radius 3 is 2.71 bits per heavy atom. The molecule has 0 fully saturated rings. The number of rotatable bonds is 5. The van der Waals surface area contributed by atoms with Gasteiger partial charge in [0, 0.05) is 23.2 Å². The summed E-state index contributed by atoms with van der Waals surface area (Å²) in [6.45, 7) is 4.66. The van der Waals surface area contributed by atoms with Crippen molar-refractivity contribution >= 4 is 17.5 Å². The summed E-state index contributed by atoms with van der Waals surface area (Å²) in [5, 5.41) is 3.48. The van der Waals surface area contributed by atoms with Gasteiger partial charge in [0.15, 0.2) is 0 Å². The average Bonchev–Trinajstić information content (AvgIpc) is 2.27. The van der Waals surface area contributed by atoms with Gasteiger partial charge in [0.2, 0.25) is 0 Å². The first-order chi connectivity index (χ1) is 8.02. The van der Waals surface area contributed by atoms with Crippen molar-refractivity contribution in [2.75, 3.05) is 6.54 Å². The van der Waals surface area contributed by atoms with E-state index in [9.17, 15) is 4.79 Å². The third kappa shape index (κ3) is 4.75. The zero-order valence-corrected chi connectivity index (χ0v) is 11.0. The van der Waals surface area contributed by atoms with Crippen molar-refractivity contribution in [1.82, 2.24) is 5.32 Å². The number of nitrogens with one attached hydrogen (secondary N) is 1. The molecule has 0 heterocycles. The van der Waals surface area contributed by atoms with Crippen LogP contribution in [0.4, 0.5) is 0 Å². The Kier molecular flexibility index (Phi) is 5.45. The minimum absolute atomic E-state index is 0.0153. The van der Waals surface area contributed by atoms with Gasteiger partial charge in [-0.25, -0.2) is 0 Å². The van der Waals surface area contributed by atoms with E-state index in [1.807, 2.05) is 0 Å². The van der Waals surface area contributed by atoms with Crippen molar-refractivity contribution in [2.45, 2.75) is 26.3 Å². The highest BCUT2D eigenvalue weighted by atomic mass is 35.5. The second-order valence-electron chi connectivity index (χ2n) is 4.55. The molecule has 1 aromatic rings. The Bertz CT molecular complexity index is 379. The quantitative estimate of drug-likeness (QED) is 0.848. The monoisotopic (exact) mass is 254 g/mol. The molecule has 1 aromatic carbocycles. The molecule has 0 radical (unpaired) electrons. The Hall–Kier alpha value is -1.06. The molecule has 0 saturated heterocycles. The number of benzene rings is 1. The molecule has 1 amide bonds. The number of carbonyl (C=O) groups is 1. The van der Waals surface area contributed by atoms with Crippen molar-refractivity contribution in [3.63, 3.8) is 0 Å². The molecule has 0 aromatic heterocycles. The largest absolute Gasteiger partial charge is 0.348 e. The number of amides is 1. The minimum Gasteiger partial charge on any atom is -0.348 e. The van der Waals surface area contributed by atoms with Gasteiger partial charge in [-0.15, -0.1) is 0 Å². The Labute approximate surface area is 107 Å². The molecule has 3 nitrogen and oxygen atoms in total. The summed E-state index contributed by atoms with van der Waals surface area (Å²) in [5.41, 5.74) is 6.21. The van der Waals surface area contributed by atoms with Crippen LogP contribution in [-0.2, 0) is 0 Å². The van der Waals surface area contributed by atoms with Gasteiger partial charge in [0.1, 0.15) is 0 Å². The smallest absolute Gasteiger partial charge is 0.251 e. The standard InChI is InChI=1S/C13H19ClN2O/c1-9(2)6-12(8-15)16-13(17)10-4-3-5-11(14)7-10/h3-5,7,9,12H,6,8,15H2,1-2H3,(H,16,17). The van der Waals surface area contributed by atoms with Crippen LogP contribution in [0.5, 0.6) is 0 Å². The third-order valence-corrected chi connectivity index (χ3v) is 2.70. The van der Waals surface area contributed by atoms with Crippen LogP contribution in [0.2, 0.25) is 5.02 Å². The number of hydrogen-bond donors (Lipinski definition) is 2. The molecule has 0 aliphatic heterocycles. The highest BCUT2D eigenvalue weighted by Crippen LogP contribution is 2.11. The van der Waals surface area contributed by atoms with Crippen molar-refractivity contribution in [3.05, 3.63) is 34.9 Å². The first kappa shape index (κ1) is 14.0. The molecular weight excluding hydrogens is 236 g/mol. The van der Waals surface area contributed by atoms with E-state index in [1.54, 1.807) is 24.3 Å². The summed E-state index contributed by atoms with van der Waals surface area (Å²) in [4.78, 5) is 11.9. The maximum absolute atomic E-state index is 11.9. The number of nitrogens with two attached hydrogens (primary N) is 1. The Morgan fingerprint density at radius 2 is 2.18 bits per heavy atom. The fourth-order valence-electron chi connectivity index (χ4n) is 1.68. The summed E-state index contributed by atoms with van der Waals surface area (Å²) in [7, 11) is 0. The maximum atomic E-state index is 11.9. The summed E-state index contributed by atoms with van der Waals surface area (Å²) >= 11 is 5.84. The van der Waals surface area contributed by atoms with Gasteiger partial charge in [0.25, 0.3) is 5.91 Å². The molecule has 17 heavy (non-hydrogen) atoms. The van der Waals surface area contributed by atoms with Gasteiger partial charge in [-0.2, -0.15) is 0 Å². The fourth-order valence-corrected chi connectivity index (χ4v) is 1.87. The molecule has 0 aliphatic carbocycles. The van der Waals surface area contributed by atoms with Crippen molar-refractivity contribution in [2.24, 2.45) is 11.7 Å². The topological polar surface area (TPSA) is 55.1 Å². The molecule has 4 heteroatoms. The lowest BCUT2D eigenvalue weighted by Crippen LogP contribution is -2.41. The second kappa shape index (κ2) is 6.62. The summed E-state index contributed by atoms with van der Waals surface area (Å²) < 4.78 is 0. The zero-order chi connectivity index (χ0) is 12.8. The Balaban J connectivity index is 2.64. The zero-order valence-electron chi connectivity index (χ0n) is 10.2. The lowest BCUT2D eigenvalue weighted by molar-refractivity contribution is 0.0934. The van der Waals surface area contributed by atoms with Crippen LogP contribution in [0.25, 0.3) is 0 Å². The first-order valence-corrected chi connectivity index (χ1v) is 6.17. The second-order valence-corrected chi connectivity index (χ2v) is 4.98. The lowest BCUT2D eigenvalue weighted by atomic mass is 10.0. The molecule has 94 valence electrons. The molecule has 3 N–H and O–H groups in total. The van der Waals surface area contributed by atoms with Gasteiger partial charge in [-0.1, -0.05) is 31.5 Å². The van der Waals surface area contributed by atoms with Gasteiger partial charge in [-0.05, 0) is 30.5 Å². The van der Waals surface area contributed by atoms with Gasteiger partial charge >= 0.3 is 0 Å². The predicted octanol–water partition coefficient (Wildman–Crippen LogP) is 2.44. The van der Waals surface area contributed by atoms with Crippen LogP contribution < -0.4 is 11.1 Å². The number of hydrogen-bond acceptors (Lipinski definition) is 2. The van der Waals surface area contributed by atoms with E-state index in [0.29, 0.717) is 23.0 Å². The van der Waals surface area contributed by atoms with E-state index < -0.39 is 0 Å². The van der Waals surface area contributed by atoms with Gasteiger partial charge in [-0.3, -0.25) is 4.79 Å². The molecule has 0 saturated carbocycles. The maximum Gasteiger partial charge on any atom is 0.251 e. The van der Waals surface area contributed by atoms with E-state index in [2.05, 4.69) is 19.2 Å². The summed E-state index contributed by atoms with van der Waals surface area (Å²) in [6.07, 6.45) is 0.878. The molecule has 1 rings (SSSR count). The molecule has 0 bridgehead atoms. The summed E-state index contributed by atoms with van der Waals surface area (Å²) in [5.74, 6) is 0.381. The highest BCUT2D eigenvalue weighted by Gasteiger charge is 2.13. The third-order valence-electron chi connectivity index (χ3n) is 2.46. The van der Waals surface area contributed by atoms with Crippen molar-refractivity contribution in [1.29, 1.82) is 0 Å². The molecular formula is C13H19ClN2O. The summed E-state index contributed by atoms with van der Waals surface area (Å²) in [6, 6.07) is 6.91. The van der Waals surface area contributed by atoms with Crippen LogP contribution in [0.15, 0.2) is 24.3 Å². The van der Waals surface area contributed by atoms with Crippen molar-refractivity contribution < 1.29 is 4.79 Å². The average molecular weight is 255 g/mol. The molecule has 0 spiro atoms. The van der Waals surface area contributed by atoms with Gasteiger partial charge < -0.3 is 11.1 Å². The SMILES string of the molecule is CC(C)CC(CN)NC(=O)c1cccc(Cl)c1. The van der Waals surface area contributed by atoms with E-state index in [1.165, 1.54) is 0 Å². The minimum atomic E-state index is -0.122. The fraction of sp³-hybridized carbons (Fsp3) is 0.462. The van der Waals surface area contributed by atoms with Crippen LogP contribution in [0.1, 0.15) is 30.6 Å². The Morgan fingerprint density at radius 1 is 1.47 bits per heavy atom. The number of carbonyl (C=O) groups excluding carboxylic acids is 1. The van der Waals surface area contributed by atoms with Gasteiger partial charge in [0.05, 0.1) is 0 Å². The highest BCUT2D eigenvalue weighted by molar-refractivity contribution is 6.30. The molecule has 0 aliphatic rings. The van der Waals surface area contributed by atoms with Crippen LogP contribution in [-0.4, -0.2) is 18.5 Å². The van der Waals surface area contributed by atoms with E-state index in [4.69, 9.17) is 17.3 Å². The molecule has 1 atom stereocenters. The van der Waals surface area contributed by atoms with Crippen LogP contribution >= 0.6 is 11.6 Å². The normalized spacial score (nSPS) is 12.5. The van der Waals surface area contributed by atoms with Crippen molar-refractivity contribution in [3.8, 4) is 0 Å². The van der Waals surface area contributed by atoms with E-state index in [-0.39, 0.29) is 11.9 Å². The lowest BCUT2D eigenvalue weighted by Gasteiger charge is -2.18. The van der Waals surface area contributed by atoms with Crippen LogP contribution in [0.3, 0.4) is 0 Å². The van der Waals surface area contributed by atoms with E-state index >= 15 is 0 Å². The first-order valence-electron chi connectivity index (χ1n) is 5.79. The predicted molar refractivity (Wildman–Crippen MR) is 71.2 cm³/mol.